The first-order chi connectivity index (χ1) is 12.6. The Morgan fingerprint density at radius 3 is 2.50 bits per heavy atom. The van der Waals surface area contributed by atoms with E-state index in [-0.39, 0.29) is 5.91 Å². The number of halogens is 2. The quantitative estimate of drug-likeness (QED) is 0.606. The molecule has 0 unspecified atom stereocenters. The first-order valence-electron chi connectivity index (χ1n) is 8.91. The first-order valence-corrected chi connectivity index (χ1v) is 9.67. The Balaban J connectivity index is 0.000000948. The van der Waals surface area contributed by atoms with E-state index in [0.29, 0.717) is 18.0 Å². The molecule has 1 amide bonds. The summed E-state index contributed by atoms with van der Waals surface area (Å²) in [5.41, 5.74) is 4.46. The molecule has 0 radical (unpaired) electrons. The minimum absolute atomic E-state index is 0.139. The summed E-state index contributed by atoms with van der Waals surface area (Å²) >= 11 is 12.0. The van der Waals surface area contributed by atoms with Crippen molar-refractivity contribution in [1.82, 2.24) is 9.88 Å². The van der Waals surface area contributed by atoms with Crippen LogP contribution in [-0.2, 0) is 24.2 Å². The number of amides is 1. The third-order valence-corrected chi connectivity index (χ3v) is 5.05. The number of benzene rings is 2. The van der Waals surface area contributed by atoms with Gasteiger partial charge in [0.05, 0.1) is 13.0 Å². The van der Waals surface area contributed by atoms with E-state index >= 15 is 0 Å². The molecule has 0 fully saturated rings. The van der Waals surface area contributed by atoms with Gasteiger partial charge in [-0.3, -0.25) is 4.79 Å². The number of fused-ring (bicyclic) bond motifs is 3. The molecule has 4 rings (SSSR count). The van der Waals surface area contributed by atoms with Crippen LogP contribution in [0, 0.1) is 0 Å². The molecule has 0 bridgehead atoms. The fourth-order valence-electron chi connectivity index (χ4n) is 3.31. The van der Waals surface area contributed by atoms with Gasteiger partial charge in [0.2, 0.25) is 5.91 Å². The van der Waals surface area contributed by atoms with E-state index in [2.05, 4.69) is 4.98 Å². The average Bonchev–Trinajstić information content (AvgIpc) is 3.02. The molecule has 0 spiro atoms. The molecular weight excluding hydrogens is 367 g/mol. The number of hydrogen-bond donors (Lipinski definition) is 1. The number of carbonyl (C=O) groups excluding carboxylic acids is 1. The molecule has 3 nitrogen and oxygen atoms in total. The van der Waals surface area contributed by atoms with Crippen LogP contribution in [0.1, 0.15) is 30.7 Å². The van der Waals surface area contributed by atoms with Crippen LogP contribution in [0.25, 0.3) is 10.9 Å². The highest BCUT2D eigenvalue weighted by Crippen LogP contribution is 2.29. The Labute approximate surface area is 163 Å². The summed E-state index contributed by atoms with van der Waals surface area (Å²) in [6.45, 7) is 5.35. The summed E-state index contributed by atoms with van der Waals surface area (Å²) in [4.78, 5) is 17.9. The molecule has 0 saturated carbocycles. The van der Waals surface area contributed by atoms with Crippen LogP contribution in [0.3, 0.4) is 0 Å². The molecule has 1 aliphatic rings. The minimum atomic E-state index is 0.139. The van der Waals surface area contributed by atoms with Crippen LogP contribution in [0.4, 0.5) is 0 Å². The second-order valence-electron chi connectivity index (χ2n) is 6.14. The van der Waals surface area contributed by atoms with Gasteiger partial charge in [0.25, 0.3) is 0 Å². The maximum atomic E-state index is 12.6. The molecule has 3 aromatic rings. The molecular formula is C21H22Cl2N2O. The fraction of sp³-hybridized carbons (Fsp3) is 0.286. The number of aromatic amines is 1. The number of rotatable bonds is 2. The second kappa shape index (κ2) is 8.15. The van der Waals surface area contributed by atoms with Crippen LogP contribution >= 0.6 is 23.2 Å². The maximum absolute atomic E-state index is 12.6. The van der Waals surface area contributed by atoms with Crippen molar-refractivity contribution in [2.45, 2.75) is 33.2 Å². The van der Waals surface area contributed by atoms with Gasteiger partial charge in [0.1, 0.15) is 0 Å². The lowest BCUT2D eigenvalue weighted by Crippen LogP contribution is -2.36. The molecule has 2 heterocycles. The van der Waals surface area contributed by atoms with E-state index in [4.69, 9.17) is 23.2 Å². The van der Waals surface area contributed by atoms with E-state index < -0.39 is 0 Å². The molecule has 1 aliphatic heterocycles. The zero-order valence-corrected chi connectivity index (χ0v) is 16.5. The van der Waals surface area contributed by atoms with Crippen molar-refractivity contribution < 1.29 is 4.79 Å². The highest BCUT2D eigenvalue weighted by molar-refractivity contribution is 6.31. The molecule has 26 heavy (non-hydrogen) atoms. The smallest absolute Gasteiger partial charge is 0.227 e. The van der Waals surface area contributed by atoms with Gasteiger partial charge < -0.3 is 9.88 Å². The third-order valence-electron chi connectivity index (χ3n) is 4.56. The highest BCUT2D eigenvalue weighted by Gasteiger charge is 2.24. The SMILES string of the molecule is CC.O=C(Cc1ccc(Cl)cc1)N1CCc2c([nH]c3ccc(Cl)cc23)C1. The van der Waals surface area contributed by atoms with Crippen molar-refractivity contribution in [3.63, 3.8) is 0 Å². The summed E-state index contributed by atoms with van der Waals surface area (Å²) in [6, 6.07) is 13.3. The van der Waals surface area contributed by atoms with Gasteiger partial charge in [-0.2, -0.15) is 0 Å². The molecule has 0 saturated heterocycles. The molecule has 1 N–H and O–H groups in total. The topological polar surface area (TPSA) is 36.1 Å². The lowest BCUT2D eigenvalue weighted by molar-refractivity contribution is -0.131. The van der Waals surface area contributed by atoms with E-state index in [1.807, 2.05) is 61.2 Å². The number of aromatic nitrogens is 1. The average molecular weight is 389 g/mol. The van der Waals surface area contributed by atoms with Crippen molar-refractivity contribution in [2.75, 3.05) is 6.54 Å². The summed E-state index contributed by atoms with van der Waals surface area (Å²) in [5, 5.41) is 2.60. The Kier molecular flexibility index (Phi) is 5.90. The van der Waals surface area contributed by atoms with Crippen LogP contribution in [0.5, 0.6) is 0 Å². The molecule has 5 heteroatoms. The highest BCUT2D eigenvalue weighted by atomic mass is 35.5. The molecule has 2 aromatic carbocycles. The normalized spacial score (nSPS) is 13.2. The van der Waals surface area contributed by atoms with E-state index in [0.717, 1.165) is 34.8 Å². The second-order valence-corrected chi connectivity index (χ2v) is 7.01. The first kappa shape index (κ1) is 18.8. The van der Waals surface area contributed by atoms with Gasteiger partial charge in [-0.05, 0) is 47.9 Å². The number of H-pyrrole nitrogens is 1. The van der Waals surface area contributed by atoms with Gasteiger partial charge >= 0.3 is 0 Å². The standard InChI is InChI=1S/C19H16Cl2N2O.C2H6/c20-13-3-1-12(2-4-13)9-19(24)23-8-7-15-16-10-14(21)5-6-17(16)22-18(15)11-23;1-2/h1-6,10,22H,7-9,11H2;1-2H3. The van der Waals surface area contributed by atoms with Crippen molar-refractivity contribution in [3.8, 4) is 0 Å². The molecule has 1 aromatic heterocycles. The third kappa shape index (κ3) is 3.89. The number of nitrogens with zero attached hydrogens (tertiary/aromatic N) is 1. The van der Waals surface area contributed by atoms with E-state index in [1.165, 1.54) is 10.9 Å². The summed E-state index contributed by atoms with van der Waals surface area (Å²) in [6.07, 6.45) is 1.25. The predicted molar refractivity (Wildman–Crippen MR) is 109 cm³/mol. The fourth-order valence-corrected chi connectivity index (χ4v) is 3.61. The summed E-state index contributed by atoms with van der Waals surface area (Å²) < 4.78 is 0. The molecule has 0 aliphatic carbocycles. The van der Waals surface area contributed by atoms with E-state index in [1.54, 1.807) is 0 Å². The largest absolute Gasteiger partial charge is 0.357 e. The zero-order valence-electron chi connectivity index (χ0n) is 15.0. The lowest BCUT2D eigenvalue weighted by atomic mass is 10.0. The van der Waals surface area contributed by atoms with Crippen LogP contribution in [0.2, 0.25) is 10.0 Å². The maximum Gasteiger partial charge on any atom is 0.227 e. The monoisotopic (exact) mass is 388 g/mol. The number of hydrogen-bond acceptors (Lipinski definition) is 1. The Morgan fingerprint density at radius 1 is 1.08 bits per heavy atom. The predicted octanol–water partition coefficient (Wildman–Crippen LogP) is 5.63. The van der Waals surface area contributed by atoms with Crippen LogP contribution in [-0.4, -0.2) is 22.3 Å². The Bertz CT molecular complexity index is 916. The number of carbonyl (C=O) groups is 1. The van der Waals surface area contributed by atoms with Crippen molar-refractivity contribution >= 4 is 40.0 Å². The minimum Gasteiger partial charge on any atom is -0.357 e. The van der Waals surface area contributed by atoms with Crippen molar-refractivity contribution in [1.29, 1.82) is 0 Å². The Morgan fingerprint density at radius 2 is 1.77 bits per heavy atom. The van der Waals surface area contributed by atoms with Gasteiger partial charge in [0.15, 0.2) is 0 Å². The molecule has 0 atom stereocenters. The zero-order chi connectivity index (χ0) is 18.7. The summed E-state index contributed by atoms with van der Waals surface area (Å²) in [7, 11) is 0. The Hall–Kier alpha value is -1.97. The number of nitrogens with one attached hydrogen (secondary N) is 1. The molecule has 136 valence electrons. The van der Waals surface area contributed by atoms with Crippen LogP contribution < -0.4 is 0 Å². The van der Waals surface area contributed by atoms with Gasteiger partial charge in [0, 0.05) is 33.2 Å². The van der Waals surface area contributed by atoms with Crippen molar-refractivity contribution in [2.24, 2.45) is 0 Å². The van der Waals surface area contributed by atoms with Crippen molar-refractivity contribution in [3.05, 3.63) is 69.3 Å². The van der Waals surface area contributed by atoms with Gasteiger partial charge in [-0.15, -0.1) is 0 Å². The summed E-state index contributed by atoms with van der Waals surface area (Å²) in [5.74, 6) is 0.139. The van der Waals surface area contributed by atoms with E-state index in [9.17, 15) is 4.79 Å². The lowest BCUT2D eigenvalue weighted by Gasteiger charge is -2.27. The van der Waals surface area contributed by atoms with Crippen LogP contribution in [0.15, 0.2) is 42.5 Å². The van der Waals surface area contributed by atoms with Gasteiger partial charge in [-0.1, -0.05) is 49.2 Å². The van der Waals surface area contributed by atoms with Gasteiger partial charge in [-0.25, -0.2) is 0 Å².